The number of hydrogen-bond acceptors (Lipinski definition) is 4. The van der Waals surface area contributed by atoms with Gasteiger partial charge >= 0.3 is 0 Å². The van der Waals surface area contributed by atoms with E-state index in [9.17, 15) is 4.79 Å². The fourth-order valence-electron chi connectivity index (χ4n) is 1.81. The highest BCUT2D eigenvalue weighted by atomic mass is 32.1. The van der Waals surface area contributed by atoms with Gasteiger partial charge < -0.3 is 5.32 Å². The molecular formula is C14H13N3OS2. The minimum atomic E-state index is -0.112. The van der Waals surface area contributed by atoms with E-state index in [0.717, 1.165) is 12.1 Å². The zero-order valence-electron chi connectivity index (χ0n) is 10.9. The molecule has 0 aliphatic carbocycles. The number of thiophene rings is 2. The van der Waals surface area contributed by atoms with E-state index in [0.29, 0.717) is 10.7 Å². The Morgan fingerprint density at radius 2 is 2.30 bits per heavy atom. The molecule has 3 aromatic heterocycles. The quantitative estimate of drug-likeness (QED) is 0.793. The van der Waals surface area contributed by atoms with Crippen LogP contribution >= 0.6 is 22.7 Å². The smallest absolute Gasteiger partial charge is 0.266 e. The van der Waals surface area contributed by atoms with Crippen LogP contribution in [-0.2, 0) is 6.54 Å². The summed E-state index contributed by atoms with van der Waals surface area (Å²) in [5, 5.41) is 11.1. The zero-order chi connectivity index (χ0) is 13.9. The molecule has 0 aromatic carbocycles. The average molecular weight is 303 g/mol. The Labute approximate surface area is 124 Å². The van der Waals surface area contributed by atoms with Crippen LogP contribution in [0.3, 0.4) is 0 Å². The van der Waals surface area contributed by atoms with E-state index in [-0.39, 0.29) is 5.91 Å². The number of carbonyl (C=O) groups is 1. The van der Waals surface area contributed by atoms with Crippen molar-refractivity contribution in [1.82, 2.24) is 9.78 Å². The highest BCUT2D eigenvalue weighted by molar-refractivity contribution is 7.15. The Morgan fingerprint density at radius 3 is 3.00 bits per heavy atom. The van der Waals surface area contributed by atoms with Gasteiger partial charge in [0.1, 0.15) is 0 Å². The molecule has 0 bridgehead atoms. The van der Waals surface area contributed by atoms with Gasteiger partial charge in [0.05, 0.1) is 4.88 Å². The summed E-state index contributed by atoms with van der Waals surface area (Å²) in [6.07, 6.45) is 1.85. The first-order valence-corrected chi connectivity index (χ1v) is 7.99. The van der Waals surface area contributed by atoms with Crippen LogP contribution in [0.25, 0.3) is 10.4 Å². The number of anilines is 1. The highest BCUT2D eigenvalue weighted by Crippen LogP contribution is 2.29. The fourth-order valence-corrected chi connectivity index (χ4v) is 3.40. The Kier molecular flexibility index (Phi) is 3.66. The molecule has 102 valence electrons. The van der Waals surface area contributed by atoms with Crippen LogP contribution in [0.2, 0.25) is 0 Å². The van der Waals surface area contributed by atoms with Gasteiger partial charge in [0.25, 0.3) is 5.91 Å². The maximum atomic E-state index is 12.1. The van der Waals surface area contributed by atoms with Gasteiger partial charge in [-0.05, 0) is 24.4 Å². The van der Waals surface area contributed by atoms with Crippen molar-refractivity contribution in [3.63, 3.8) is 0 Å². The molecule has 0 atom stereocenters. The summed E-state index contributed by atoms with van der Waals surface area (Å²) in [7, 11) is 0. The molecule has 0 saturated carbocycles. The molecule has 0 saturated heterocycles. The van der Waals surface area contributed by atoms with Gasteiger partial charge in [-0.25, -0.2) is 0 Å². The van der Waals surface area contributed by atoms with Crippen LogP contribution in [-0.4, -0.2) is 15.7 Å². The molecule has 1 N–H and O–H groups in total. The Bertz CT molecular complexity index is 712. The molecule has 1 amide bonds. The van der Waals surface area contributed by atoms with Crippen molar-refractivity contribution in [3.05, 3.63) is 46.1 Å². The molecule has 4 nitrogen and oxygen atoms in total. The summed E-state index contributed by atoms with van der Waals surface area (Å²) in [5.41, 5.74) is 1.09. The van der Waals surface area contributed by atoms with Crippen LogP contribution in [0.1, 0.15) is 16.6 Å². The standard InChI is InChI=1S/C14H13N3OS2/c1-2-17-6-5-13(16-17)15-14(18)12-8-10(9-20-12)11-4-3-7-19-11/h3-9H,2H2,1H3,(H,15,16,18). The number of hydrogen-bond donors (Lipinski definition) is 1. The van der Waals surface area contributed by atoms with Crippen molar-refractivity contribution in [2.75, 3.05) is 5.32 Å². The predicted octanol–water partition coefficient (Wildman–Crippen LogP) is 3.95. The van der Waals surface area contributed by atoms with Crippen molar-refractivity contribution >= 4 is 34.4 Å². The summed E-state index contributed by atoms with van der Waals surface area (Å²) in [6, 6.07) is 7.78. The Morgan fingerprint density at radius 1 is 1.40 bits per heavy atom. The van der Waals surface area contributed by atoms with E-state index >= 15 is 0 Å². The lowest BCUT2D eigenvalue weighted by molar-refractivity contribution is 0.103. The van der Waals surface area contributed by atoms with Crippen molar-refractivity contribution in [1.29, 1.82) is 0 Å². The summed E-state index contributed by atoms with van der Waals surface area (Å²) < 4.78 is 1.78. The SMILES string of the molecule is CCn1ccc(NC(=O)c2cc(-c3cccs3)cs2)n1. The second-order valence-corrected chi connectivity index (χ2v) is 6.05. The third-order valence-electron chi connectivity index (χ3n) is 2.84. The minimum Gasteiger partial charge on any atom is -0.304 e. The number of aryl methyl sites for hydroxylation is 1. The molecule has 0 unspecified atom stereocenters. The van der Waals surface area contributed by atoms with Gasteiger partial charge in [0.15, 0.2) is 5.82 Å². The van der Waals surface area contributed by atoms with Gasteiger partial charge in [-0.3, -0.25) is 9.48 Å². The number of nitrogens with zero attached hydrogens (tertiary/aromatic N) is 2. The second kappa shape index (κ2) is 5.60. The molecule has 0 aliphatic heterocycles. The topological polar surface area (TPSA) is 46.9 Å². The highest BCUT2D eigenvalue weighted by Gasteiger charge is 2.12. The van der Waals surface area contributed by atoms with Gasteiger partial charge in [0, 0.05) is 34.6 Å². The molecule has 3 rings (SSSR count). The van der Waals surface area contributed by atoms with Crippen LogP contribution in [0, 0.1) is 0 Å². The van der Waals surface area contributed by atoms with Crippen LogP contribution in [0.15, 0.2) is 41.2 Å². The summed E-state index contributed by atoms with van der Waals surface area (Å²) in [4.78, 5) is 14.0. The number of rotatable bonds is 4. The zero-order valence-corrected chi connectivity index (χ0v) is 12.5. The third-order valence-corrected chi connectivity index (χ3v) is 4.68. The monoisotopic (exact) mass is 303 g/mol. The van der Waals surface area contributed by atoms with E-state index in [1.165, 1.54) is 16.2 Å². The van der Waals surface area contributed by atoms with Crippen LogP contribution in [0.4, 0.5) is 5.82 Å². The molecular weight excluding hydrogens is 290 g/mol. The Balaban J connectivity index is 1.74. The second-order valence-electron chi connectivity index (χ2n) is 4.19. The van der Waals surface area contributed by atoms with E-state index in [2.05, 4.69) is 16.5 Å². The molecule has 0 fully saturated rings. The lowest BCUT2D eigenvalue weighted by Crippen LogP contribution is -2.11. The van der Waals surface area contributed by atoms with Crippen molar-refractivity contribution < 1.29 is 4.79 Å². The van der Waals surface area contributed by atoms with E-state index in [4.69, 9.17) is 0 Å². The van der Waals surface area contributed by atoms with Crippen molar-refractivity contribution in [2.24, 2.45) is 0 Å². The first-order valence-electron chi connectivity index (χ1n) is 6.23. The number of carbonyl (C=O) groups excluding carboxylic acids is 1. The first-order chi connectivity index (χ1) is 9.76. The predicted molar refractivity (Wildman–Crippen MR) is 83.5 cm³/mol. The molecule has 0 aliphatic rings. The fraction of sp³-hybridized carbons (Fsp3) is 0.143. The normalized spacial score (nSPS) is 10.7. The van der Waals surface area contributed by atoms with Gasteiger partial charge in [-0.2, -0.15) is 5.10 Å². The maximum Gasteiger partial charge on any atom is 0.266 e. The molecule has 6 heteroatoms. The van der Waals surface area contributed by atoms with Crippen LogP contribution in [0.5, 0.6) is 0 Å². The summed E-state index contributed by atoms with van der Waals surface area (Å²) in [6.45, 7) is 2.79. The number of amides is 1. The molecule has 20 heavy (non-hydrogen) atoms. The van der Waals surface area contributed by atoms with Gasteiger partial charge in [-0.1, -0.05) is 6.07 Å². The average Bonchev–Trinajstić information content (AvgIpc) is 3.19. The molecule has 3 aromatic rings. The van der Waals surface area contributed by atoms with Crippen molar-refractivity contribution in [3.8, 4) is 10.4 Å². The number of aromatic nitrogens is 2. The van der Waals surface area contributed by atoms with Gasteiger partial charge in [0.2, 0.25) is 0 Å². The van der Waals surface area contributed by atoms with E-state index in [1.807, 2.05) is 36.0 Å². The lowest BCUT2D eigenvalue weighted by atomic mass is 10.2. The van der Waals surface area contributed by atoms with Crippen LogP contribution < -0.4 is 5.32 Å². The Hall–Kier alpha value is -1.92. The summed E-state index contributed by atoms with van der Waals surface area (Å²) in [5.74, 6) is 0.474. The molecule has 0 radical (unpaired) electrons. The summed E-state index contributed by atoms with van der Waals surface area (Å²) >= 11 is 3.12. The van der Waals surface area contributed by atoms with E-state index < -0.39 is 0 Å². The van der Waals surface area contributed by atoms with E-state index in [1.54, 1.807) is 22.1 Å². The van der Waals surface area contributed by atoms with Crippen molar-refractivity contribution in [2.45, 2.75) is 13.5 Å². The first kappa shape index (κ1) is 13.1. The lowest BCUT2D eigenvalue weighted by Gasteiger charge is -1.98. The van der Waals surface area contributed by atoms with Gasteiger partial charge in [-0.15, -0.1) is 22.7 Å². The largest absolute Gasteiger partial charge is 0.304 e. The minimum absolute atomic E-state index is 0.112. The molecule has 0 spiro atoms. The third kappa shape index (κ3) is 2.66. The molecule has 3 heterocycles. The number of nitrogens with one attached hydrogen (secondary N) is 1. The maximum absolute atomic E-state index is 12.1.